The number of nitrogens with two attached hydrogens (primary N) is 2. The number of hydrogen-bond donors (Lipinski definition) is 2. The van der Waals surface area contributed by atoms with Gasteiger partial charge in [-0.25, -0.2) is 0 Å². The average molecular weight is 248 g/mol. The summed E-state index contributed by atoms with van der Waals surface area (Å²) in [6.45, 7) is 11.7. The van der Waals surface area contributed by atoms with Crippen molar-refractivity contribution >= 4 is 0 Å². The molecule has 0 saturated carbocycles. The van der Waals surface area contributed by atoms with E-state index in [1.165, 1.54) is 16.7 Å². The van der Waals surface area contributed by atoms with Crippen LogP contribution in [0.2, 0.25) is 0 Å². The van der Waals surface area contributed by atoms with E-state index in [0.717, 1.165) is 6.42 Å². The van der Waals surface area contributed by atoms with Crippen LogP contribution >= 0.6 is 0 Å². The van der Waals surface area contributed by atoms with E-state index in [0.29, 0.717) is 12.5 Å². The molecule has 0 spiro atoms. The van der Waals surface area contributed by atoms with E-state index in [1.807, 2.05) is 0 Å². The van der Waals surface area contributed by atoms with Gasteiger partial charge in [0.2, 0.25) is 0 Å². The van der Waals surface area contributed by atoms with Gasteiger partial charge < -0.3 is 11.5 Å². The lowest BCUT2D eigenvalue weighted by atomic mass is 9.82. The van der Waals surface area contributed by atoms with Gasteiger partial charge in [0.1, 0.15) is 0 Å². The van der Waals surface area contributed by atoms with E-state index in [-0.39, 0.29) is 11.5 Å². The Hall–Kier alpha value is -0.860. The number of hydrogen-bond acceptors (Lipinski definition) is 2. The molecule has 1 rings (SSSR count). The summed E-state index contributed by atoms with van der Waals surface area (Å²) in [4.78, 5) is 0. The molecule has 0 aromatic heterocycles. The van der Waals surface area contributed by atoms with Gasteiger partial charge in [-0.15, -0.1) is 0 Å². The van der Waals surface area contributed by atoms with Gasteiger partial charge in [0, 0.05) is 6.04 Å². The van der Waals surface area contributed by atoms with Gasteiger partial charge in [0.15, 0.2) is 0 Å². The van der Waals surface area contributed by atoms with Gasteiger partial charge in [-0.2, -0.15) is 0 Å². The molecule has 4 N–H and O–H groups in total. The second-order valence-corrected chi connectivity index (χ2v) is 6.40. The van der Waals surface area contributed by atoms with Gasteiger partial charge in [-0.05, 0) is 47.9 Å². The molecule has 2 atom stereocenters. The molecule has 102 valence electrons. The van der Waals surface area contributed by atoms with Crippen molar-refractivity contribution in [1.82, 2.24) is 0 Å². The topological polar surface area (TPSA) is 52.0 Å². The highest BCUT2D eigenvalue weighted by Gasteiger charge is 2.20. The Morgan fingerprint density at radius 1 is 1.22 bits per heavy atom. The summed E-state index contributed by atoms with van der Waals surface area (Å²) in [5.74, 6) is 0.420. The standard InChI is InChI=1S/C16H28N2/c1-11-6-7-13(16(3,4)5)10-14(11)15(18)12(2)8-9-17/h6-7,10,12,15H,8-9,17-18H2,1-5H3. The van der Waals surface area contributed by atoms with E-state index in [2.05, 4.69) is 52.8 Å². The Balaban J connectivity index is 3.08. The summed E-state index contributed by atoms with van der Waals surface area (Å²) in [6, 6.07) is 6.74. The van der Waals surface area contributed by atoms with Crippen LogP contribution in [0, 0.1) is 12.8 Å². The summed E-state index contributed by atoms with van der Waals surface area (Å²) in [7, 11) is 0. The lowest BCUT2D eigenvalue weighted by Gasteiger charge is -2.25. The van der Waals surface area contributed by atoms with Crippen LogP contribution in [0.15, 0.2) is 18.2 Å². The van der Waals surface area contributed by atoms with Crippen LogP contribution < -0.4 is 11.5 Å². The van der Waals surface area contributed by atoms with Gasteiger partial charge in [0.25, 0.3) is 0 Å². The van der Waals surface area contributed by atoms with Gasteiger partial charge in [-0.3, -0.25) is 0 Å². The third-order valence-electron chi connectivity index (χ3n) is 3.74. The van der Waals surface area contributed by atoms with Crippen LogP contribution in [-0.2, 0) is 5.41 Å². The van der Waals surface area contributed by atoms with Crippen LogP contribution in [0.5, 0.6) is 0 Å². The normalized spacial score (nSPS) is 15.5. The minimum absolute atomic E-state index is 0.0795. The molecular formula is C16H28N2. The quantitative estimate of drug-likeness (QED) is 0.859. The first-order valence-electron chi connectivity index (χ1n) is 6.84. The van der Waals surface area contributed by atoms with Gasteiger partial charge >= 0.3 is 0 Å². The zero-order valence-corrected chi connectivity index (χ0v) is 12.5. The summed E-state index contributed by atoms with van der Waals surface area (Å²) in [5, 5.41) is 0. The molecule has 0 radical (unpaired) electrons. The molecule has 0 fully saturated rings. The summed E-state index contributed by atoms with van der Waals surface area (Å²) < 4.78 is 0. The van der Waals surface area contributed by atoms with Crippen LogP contribution in [0.4, 0.5) is 0 Å². The molecule has 0 aliphatic heterocycles. The van der Waals surface area contributed by atoms with Gasteiger partial charge in [-0.1, -0.05) is 45.9 Å². The zero-order chi connectivity index (χ0) is 13.9. The molecule has 0 bridgehead atoms. The van der Waals surface area contributed by atoms with E-state index in [9.17, 15) is 0 Å². The fraction of sp³-hybridized carbons (Fsp3) is 0.625. The van der Waals surface area contributed by atoms with Crippen molar-refractivity contribution in [3.63, 3.8) is 0 Å². The maximum atomic E-state index is 6.38. The molecule has 2 heteroatoms. The molecule has 0 aliphatic carbocycles. The molecule has 18 heavy (non-hydrogen) atoms. The predicted octanol–water partition coefficient (Wildman–Crippen LogP) is 3.28. The van der Waals surface area contributed by atoms with Crippen LogP contribution in [0.25, 0.3) is 0 Å². The van der Waals surface area contributed by atoms with E-state index in [4.69, 9.17) is 11.5 Å². The first-order valence-corrected chi connectivity index (χ1v) is 6.84. The largest absolute Gasteiger partial charge is 0.330 e. The van der Waals surface area contributed by atoms with Crippen LogP contribution in [0.3, 0.4) is 0 Å². The van der Waals surface area contributed by atoms with Crippen molar-refractivity contribution in [2.24, 2.45) is 17.4 Å². The summed E-state index contributed by atoms with van der Waals surface area (Å²) in [6.07, 6.45) is 0.973. The van der Waals surface area contributed by atoms with Crippen LogP contribution in [-0.4, -0.2) is 6.54 Å². The van der Waals surface area contributed by atoms with Crippen molar-refractivity contribution in [2.75, 3.05) is 6.54 Å². The molecule has 1 aromatic carbocycles. The molecule has 0 heterocycles. The molecule has 2 nitrogen and oxygen atoms in total. The third kappa shape index (κ3) is 3.56. The Kier molecular flexibility index (Phi) is 4.94. The number of rotatable bonds is 4. The molecule has 1 aromatic rings. The average Bonchev–Trinajstić information content (AvgIpc) is 2.27. The first kappa shape index (κ1) is 15.2. The Morgan fingerprint density at radius 3 is 2.33 bits per heavy atom. The smallest absolute Gasteiger partial charge is 0.0324 e. The maximum Gasteiger partial charge on any atom is 0.0324 e. The summed E-state index contributed by atoms with van der Waals surface area (Å²) >= 11 is 0. The monoisotopic (exact) mass is 248 g/mol. The molecule has 0 amide bonds. The fourth-order valence-electron chi connectivity index (χ4n) is 2.22. The lowest BCUT2D eigenvalue weighted by molar-refractivity contribution is 0.442. The van der Waals surface area contributed by atoms with E-state index < -0.39 is 0 Å². The van der Waals surface area contributed by atoms with Gasteiger partial charge in [0.05, 0.1) is 0 Å². The molecular weight excluding hydrogens is 220 g/mol. The predicted molar refractivity (Wildman–Crippen MR) is 79.6 cm³/mol. The SMILES string of the molecule is Cc1ccc(C(C)(C)C)cc1C(N)C(C)CCN. The Morgan fingerprint density at radius 2 is 1.83 bits per heavy atom. The Labute approximate surface area is 112 Å². The molecule has 0 saturated heterocycles. The maximum absolute atomic E-state index is 6.38. The minimum Gasteiger partial charge on any atom is -0.330 e. The molecule has 2 unspecified atom stereocenters. The van der Waals surface area contributed by atoms with Crippen molar-refractivity contribution in [3.05, 3.63) is 34.9 Å². The van der Waals surface area contributed by atoms with Crippen molar-refractivity contribution in [1.29, 1.82) is 0 Å². The van der Waals surface area contributed by atoms with E-state index >= 15 is 0 Å². The highest BCUT2D eigenvalue weighted by Crippen LogP contribution is 2.30. The highest BCUT2D eigenvalue weighted by atomic mass is 14.7. The minimum atomic E-state index is 0.0795. The second kappa shape index (κ2) is 5.85. The first-order chi connectivity index (χ1) is 8.27. The Bertz CT molecular complexity index is 391. The lowest BCUT2D eigenvalue weighted by Crippen LogP contribution is -2.23. The highest BCUT2D eigenvalue weighted by molar-refractivity contribution is 5.36. The van der Waals surface area contributed by atoms with Crippen molar-refractivity contribution < 1.29 is 0 Å². The van der Waals surface area contributed by atoms with Crippen molar-refractivity contribution in [3.8, 4) is 0 Å². The molecule has 0 aliphatic rings. The third-order valence-corrected chi connectivity index (χ3v) is 3.74. The summed E-state index contributed by atoms with van der Waals surface area (Å²) in [5.41, 5.74) is 16.1. The zero-order valence-electron chi connectivity index (χ0n) is 12.5. The fourth-order valence-corrected chi connectivity index (χ4v) is 2.22. The van der Waals surface area contributed by atoms with Crippen molar-refractivity contribution in [2.45, 2.75) is 52.5 Å². The number of benzene rings is 1. The number of aryl methyl sites for hydroxylation is 1. The second-order valence-electron chi connectivity index (χ2n) is 6.40. The van der Waals surface area contributed by atoms with E-state index in [1.54, 1.807) is 0 Å². The van der Waals surface area contributed by atoms with Crippen LogP contribution in [0.1, 0.15) is 56.8 Å².